The Hall–Kier alpha value is -3.32. The molecule has 4 aromatic rings. The second kappa shape index (κ2) is 8.37. The summed E-state index contributed by atoms with van der Waals surface area (Å²) in [5.74, 6) is 0. The number of benzene rings is 4. The van der Waals surface area contributed by atoms with Gasteiger partial charge in [-0.3, -0.25) is 0 Å². The number of nitrogens with zero attached hydrogens (tertiary/aromatic N) is 1. The Labute approximate surface area is 161 Å². The van der Waals surface area contributed by atoms with Crippen molar-refractivity contribution in [2.45, 2.75) is 12.8 Å². The third kappa shape index (κ3) is 4.09. The lowest BCUT2D eigenvalue weighted by Crippen LogP contribution is -2.07. The molecule has 4 rings (SSSR count). The predicted molar refractivity (Wildman–Crippen MR) is 116 cm³/mol. The topological polar surface area (TPSA) is 3.24 Å². The van der Waals surface area contributed by atoms with E-state index >= 15 is 0 Å². The minimum absolute atomic E-state index is 1.00. The van der Waals surface area contributed by atoms with Crippen molar-refractivity contribution < 1.29 is 0 Å². The lowest BCUT2D eigenvalue weighted by atomic mass is 10.0. The van der Waals surface area contributed by atoms with Gasteiger partial charge in [0.2, 0.25) is 0 Å². The molecule has 27 heavy (non-hydrogen) atoms. The first-order chi connectivity index (χ1) is 13.4. The molecule has 0 aliphatic heterocycles. The summed E-state index contributed by atoms with van der Waals surface area (Å²) in [4.78, 5) is 2.24. The van der Waals surface area contributed by atoms with E-state index < -0.39 is 0 Å². The highest BCUT2D eigenvalue weighted by molar-refractivity contribution is 5.85. The van der Waals surface area contributed by atoms with Gasteiger partial charge in [0.05, 0.1) is 0 Å². The first-order valence-electron chi connectivity index (χ1n) is 9.44. The zero-order chi connectivity index (χ0) is 18.3. The molecular formula is C26H23N. The second-order valence-corrected chi connectivity index (χ2v) is 6.60. The highest BCUT2D eigenvalue weighted by Crippen LogP contribution is 2.25. The molecule has 0 N–H and O–H groups in total. The van der Waals surface area contributed by atoms with Crippen LogP contribution in [0.2, 0.25) is 0 Å². The van der Waals surface area contributed by atoms with Gasteiger partial charge in [-0.25, -0.2) is 0 Å². The quantitative estimate of drug-likeness (QED) is 0.358. The summed E-state index contributed by atoms with van der Waals surface area (Å²) >= 11 is 0. The van der Waals surface area contributed by atoms with Crippen molar-refractivity contribution in [1.82, 2.24) is 0 Å². The van der Waals surface area contributed by atoms with E-state index in [0.717, 1.165) is 12.8 Å². The largest absolute Gasteiger partial charge is 0.318 e. The van der Waals surface area contributed by atoms with Gasteiger partial charge in [0.1, 0.15) is 0 Å². The Balaban J connectivity index is 1.52. The van der Waals surface area contributed by atoms with Crippen LogP contribution >= 0.6 is 0 Å². The van der Waals surface area contributed by atoms with E-state index in [9.17, 15) is 0 Å². The molecule has 0 spiro atoms. The zero-order valence-electron chi connectivity index (χ0n) is 15.3. The van der Waals surface area contributed by atoms with Gasteiger partial charge in [0.15, 0.2) is 0 Å². The molecule has 0 unspecified atom stereocenters. The number of hydrogen-bond acceptors (Lipinski definition) is 1. The van der Waals surface area contributed by atoms with Crippen LogP contribution in [-0.4, -0.2) is 0 Å². The molecule has 0 aliphatic rings. The van der Waals surface area contributed by atoms with Crippen molar-refractivity contribution in [2.75, 3.05) is 4.90 Å². The summed E-state index contributed by atoms with van der Waals surface area (Å²) in [6, 6.07) is 36.2. The number of aryl methyl sites for hydroxylation is 1. The molecule has 4 aromatic carbocycles. The Morgan fingerprint density at radius 1 is 0.593 bits per heavy atom. The second-order valence-electron chi connectivity index (χ2n) is 6.60. The summed E-state index contributed by atoms with van der Waals surface area (Å²) in [7, 11) is 0. The van der Waals surface area contributed by atoms with Gasteiger partial charge in [-0.1, -0.05) is 84.9 Å². The molecule has 1 nitrogen and oxygen atoms in total. The maximum Gasteiger partial charge on any atom is 0.0455 e. The molecule has 0 radical (unpaired) electrons. The molecule has 0 bridgehead atoms. The average molecular weight is 349 g/mol. The molecule has 0 saturated heterocycles. The summed E-state index contributed by atoms with van der Waals surface area (Å²) in [6.07, 6.45) is 6.50. The minimum Gasteiger partial charge on any atom is -0.318 e. The summed E-state index contributed by atoms with van der Waals surface area (Å²) in [5, 5.41) is 2.67. The first kappa shape index (κ1) is 17.1. The Morgan fingerprint density at radius 2 is 1.19 bits per heavy atom. The van der Waals surface area contributed by atoms with Gasteiger partial charge in [-0.15, -0.1) is 0 Å². The van der Waals surface area contributed by atoms with E-state index in [0.29, 0.717) is 0 Å². The number of rotatable bonds is 6. The van der Waals surface area contributed by atoms with Crippen molar-refractivity contribution in [3.05, 3.63) is 121 Å². The van der Waals surface area contributed by atoms with Crippen molar-refractivity contribution in [2.24, 2.45) is 0 Å². The monoisotopic (exact) mass is 349 g/mol. The lowest BCUT2D eigenvalue weighted by Gasteiger charge is -2.20. The van der Waals surface area contributed by atoms with Crippen molar-refractivity contribution >= 4 is 22.1 Å². The Bertz CT molecular complexity index is 975. The average Bonchev–Trinajstić information content (AvgIpc) is 2.75. The zero-order valence-corrected chi connectivity index (χ0v) is 15.3. The molecular weight excluding hydrogens is 326 g/mol. The smallest absolute Gasteiger partial charge is 0.0455 e. The highest BCUT2D eigenvalue weighted by atomic mass is 15.1. The number of para-hydroxylation sites is 2. The van der Waals surface area contributed by atoms with E-state index in [1.165, 1.54) is 27.7 Å². The van der Waals surface area contributed by atoms with E-state index in [4.69, 9.17) is 0 Å². The lowest BCUT2D eigenvalue weighted by molar-refractivity contribution is 1.01. The molecule has 0 saturated carbocycles. The fourth-order valence-corrected chi connectivity index (χ4v) is 3.43. The summed E-state index contributed by atoms with van der Waals surface area (Å²) in [6.45, 7) is 0. The molecule has 0 atom stereocenters. The van der Waals surface area contributed by atoms with Crippen molar-refractivity contribution in [3.8, 4) is 0 Å². The summed E-state index contributed by atoms with van der Waals surface area (Å²) < 4.78 is 0. The van der Waals surface area contributed by atoms with Crippen molar-refractivity contribution in [3.63, 3.8) is 0 Å². The normalized spacial score (nSPS) is 11.1. The number of allylic oxidation sites excluding steroid dienone is 1. The van der Waals surface area contributed by atoms with Crippen LogP contribution in [0.3, 0.4) is 0 Å². The van der Waals surface area contributed by atoms with Crippen molar-refractivity contribution in [1.29, 1.82) is 0 Å². The SMILES string of the molecule is C(=CN(c1ccccc1)c1ccccc1)CCc1cccc2ccccc12. The van der Waals surface area contributed by atoms with Gasteiger partial charge in [0.25, 0.3) is 0 Å². The van der Waals surface area contributed by atoms with Crippen LogP contribution in [0, 0.1) is 0 Å². The Kier molecular flexibility index (Phi) is 5.31. The number of fused-ring (bicyclic) bond motifs is 1. The van der Waals surface area contributed by atoms with E-state index in [2.05, 4.69) is 120 Å². The molecule has 1 heteroatoms. The number of hydrogen-bond donors (Lipinski definition) is 0. The molecule has 0 aliphatic carbocycles. The fourth-order valence-electron chi connectivity index (χ4n) is 3.43. The van der Waals surface area contributed by atoms with Crippen LogP contribution in [0.4, 0.5) is 11.4 Å². The van der Waals surface area contributed by atoms with E-state index in [1.54, 1.807) is 0 Å². The van der Waals surface area contributed by atoms with Crippen LogP contribution < -0.4 is 4.90 Å². The molecule has 132 valence electrons. The van der Waals surface area contributed by atoms with Gasteiger partial charge in [-0.2, -0.15) is 0 Å². The third-order valence-corrected chi connectivity index (χ3v) is 4.78. The van der Waals surface area contributed by atoms with Gasteiger partial charge in [0, 0.05) is 17.6 Å². The predicted octanol–water partition coefficient (Wildman–Crippen LogP) is 7.12. The van der Waals surface area contributed by atoms with Crippen LogP contribution in [0.15, 0.2) is 115 Å². The van der Waals surface area contributed by atoms with E-state index in [-0.39, 0.29) is 0 Å². The van der Waals surface area contributed by atoms with Crippen LogP contribution in [0.25, 0.3) is 10.8 Å². The molecule has 0 heterocycles. The summed E-state index contributed by atoms with van der Waals surface area (Å²) in [5.41, 5.74) is 3.75. The maximum atomic E-state index is 2.27. The highest BCUT2D eigenvalue weighted by Gasteiger charge is 2.05. The molecule has 0 fully saturated rings. The number of anilines is 2. The maximum absolute atomic E-state index is 2.27. The van der Waals surface area contributed by atoms with Gasteiger partial charge in [-0.05, 0) is 53.4 Å². The van der Waals surface area contributed by atoms with Gasteiger partial charge < -0.3 is 4.90 Å². The molecule has 0 amide bonds. The van der Waals surface area contributed by atoms with Crippen LogP contribution in [0.5, 0.6) is 0 Å². The van der Waals surface area contributed by atoms with Gasteiger partial charge >= 0.3 is 0 Å². The van der Waals surface area contributed by atoms with Crippen LogP contribution in [0.1, 0.15) is 12.0 Å². The van der Waals surface area contributed by atoms with E-state index in [1.807, 2.05) is 0 Å². The molecule has 0 aromatic heterocycles. The third-order valence-electron chi connectivity index (χ3n) is 4.78. The standard InChI is InChI=1S/C26H23N/c1-3-16-24(17-4-1)27(25-18-5-2-6-19-25)21-10-9-13-23-15-11-14-22-12-7-8-20-26(22)23/h1-8,10-12,14-21H,9,13H2. The first-order valence-corrected chi connectivity index (χ1v) is 9.44. The minimum atomic E-state index is 1.00. The Morgan fingerprint density at radius 3 is 1.89 bits per heavy atom. The van der Waals surface area contributed by atoms with Crippen LogP contribution in [-0.2, 0) is 6.42 Å². The fraction of sp³-hybridized carbons (Fsp3) is 0.0769.